The van der Waals surface area contributed by atoms with Crippen molar-refractivity contribution in [3.05, 3.63) is 24.0 Å². The van der Waals surface area contributed by atoms with Crippen LogP contribution >= 0.6 is 0 Å². The van der Waals surface area contributed by atoms with Crippen LogP contribution in [-0.4, -0.2) is 44.4 Å². The maximum Gasteiger partial charge on any atom is 0.410 e. The van der Waals surface area contributed by atoms with E-state index in [0.29, 0.717) is 6.54 Å². The fourth-order valence-electron chi connectivity index (χ4n) is 3.03. The number of aryl methyl sites for hydroxylation is 1. The van der Waals surface area contributed by atoms with Crippen molar-refractivity contribution in [1.29, 1.82) is 0 Å². The van der Waals surface area contributed by atoms with Crippen LogP contribution in [0.15, 0.2) is 18.3 Å². The Hall–Kier alpha value is -2.11. The molecule has 0 aliphatic carbocycles. The topological polar surface area (TPSA) is 60.2 Å². The van der Waals surface area contributed by atoms with Crippen LogP contribution in [-0.2, 0) is 4.74 Å². The number of ether oxygens (including phenoxy) is 1. The van der Waals surface area contributed by atoms with Crippen molar-refractivity contribution >= 4 is 17.1 Å². The van der Waals surface area contributed by atoms with Crippen LogP contribution in [0.5, 0.6) is 0 Å². The number of carbonyl (C=O) groups is 1. The minimum atomic E-state index is -0.472. The van der Waals surface area contributed by atoms with E-state index >= 15 is 0 Å². The Labute approximate surface area is 163 Å². The molecule has 0 N–H and O–H groups in total. The summed E-state index contributed by atoms with van der Waals surface area (Å²) in [6, 6.07) is 4.10. The van der Waals surface area contributed by atoms with E-state index in [1.54, 1.807) is 11.1 Å². The Morgan fingerprint density at radius 1 is 1.22 bits per heavy atom. The average Bonchev–Trinajstić information content (AvgIpc) is 3.01. The number of hydrogen-bond acceptors (Lipinski definition) is 4. The molecule has 27 heavy (non-hydrogen) atoms. The number of fused-ring (bicyclic) bond motifs is 1. The SMILES string of the molecule is CC.CC.Cc1nn(C2CCCN(C(=O)OC(C)(C)C)C2)c2ncccc12. The Kier molecular flexibility index (Phi) is 8.73. The summed E-state index contributed by atoms with van der Waals surface area (Å²) in [5, 5.41) is 5.73. The first-order chi connectivity index (χ1) is 12.8. The molecule has 3 rings (SSSR count). The Morgan fingerprint density at radius 2 is 1.89 bits per heavy atom. The van der Waals surface area contributed by atoms with Crippen molar-refractivity contribution in [2.24, 2.45) is 0 Å². The molecular formula is C21H36N4O2. The first-order valence-electron chi connectivity index (χ1n) is 10.1. The number of aromatic nitrogens is 3. The van der Waals surface area contributed by atoms with Crippen LogP contribution in [0, 0.1) is 6.92 Å². The van der Waals surface area contributed by atoms with Crippen LogP contribution in [0.1, 0.15) is 73.0 Å². The monoisotopic (exact) mass is 376 g/mol. The Morgan fingerprint density at radius 3 is 2.52 bits per heavy atom. The maximum atomic E-state index is 12.3. The minimum Gasteiger partial charge on any atom is -0.444 e. The highest BCUT2D eigenvalue weighted by Crippen LogP contribution is 2.26. The quantitative estimate of drug-likeness (QED) is 0.672. The Balaban J connectivity index is 0.000000855. The zero-order valence-corrected chi connectivity index (χ0v) is 18.2. The van der Waals surface area contributed by atoms with Gasteiger partial charge in [0.05, 0.1) is 11.7 Å². The van der Waals surface area contributed by atoms with Crippen molar-refractivity contribution in [3.63, 3.8) is 0 Å². The van der Waals surface area contributed by atoms with E-state index in [-0.39, 0.29) is 12.1 Å². The van der Waals surface area contributed by atoms with Gasteiger partial charge in [-0.2, -0.15) is 5.10 Å². The van der Waals surface area contributed by atoms with E-state index in [2.05, 4.69) is 10.1 Å². The minimum absolute atomic E-state index is 0.141. The molecule has 1 aliphatic heterocycles. The molecule has 1 unspecified atom stereocenters. The van der Waals surface area contributed by atoms with Gasteiger partial charge in [-0.05, 0) is 52.7 Å². The molecular weight excluding hydrogens is 340 g/mol. The molecule has 1 atom stereocenters. The van der Waals surface area contributed by atoms with Crippen LogP contribution in [0.25, 0.3) is 11.0 Å². The van der Waals surface area contributed by atoms with Crippen molar-refractivity contribution in [1.82, 2.24) is 19.7 Å². The molecule has 152 valence electrons. The van der Waals surface area contributed by atoms with Gasteiger partial charge in [0.25, 0.3) is 0 Å². The number of amides is 1. The zero-order valence-electron chi connectivity index (χ0n) is 18.2. The molecule has 0 spiro atoms. The molecule has 3 heterocycles. The molecule has 0 bridgehead atoms. The van der Waals surface area contributed by atoms with Gasteiger partial charge in [0.1, 0.15) is 5.60 Å². The van der Waals surface area contributed by atoms with Crippen molar-refractivity contribution in [2.75, 3.05) is 13.1 Å². The van der Waals surface area contributed by atoms with Crippen molar-refractivity contribution < 1.29 is 9.53 Å². The smallest absolute Gasteiger partial charge is 0.410 e. The lowest BCUT2D eigenvalue weighted by Gasteiger charge is -2.34. The molecule has 0 radical (unpaired) electrons. The third kappa shape index (κ3) is 5.94. The second-order valence-corrected chi connectivity index (χ2v) is 7.13. The number of carbonyl (C=O) groups excluding carboxylic acids is 1. The first kappa shape index (κ1) is 22.9. The van der Waals surface area contributed by atoms with Crippen LogP contribution in [0.3, 0.4) is 0 Å². The molecule has 2 aromatic heterocycles. The van der Waals surface area contributed by atoms with Gasteiger partial charge in [0, 0.05) is 24.7 Å². The highest BCUT2D eigenvalue weighted by molar-refractivity contribution is 5.78. The molecule has 0 saturated carbocycles. The van der Waals surface area contributed by atoms with Gasteiger partial charge in [0.15, 0.2) is 5.65 Å². The van der Waals surface area contributed by atoms with E-state index in [4.69, 9.17) is 4.74 Å². The summed E-state index contributed by atoms with van der Waals surface area (Å²) >= 11 is 0. The molecule has 6 nitrogen and oxygen atoms in total. The van der Waals surface area contributed by atoms with Gasteiger partial charge >= 0.3 is 6.09 Å². The van der Waals surface area contributed by atoms with Crippen LogP contribution in [0.4, 0.5) is 4.79 Å². The molecule has 1 fully saturated rings. The highest BCUT2D eigenvalue weighted by Gasteiger charge is 2.29. The normalized spacial score (nSPS) is 16.7. The summed E-state index contributed by atoms with van der Waals surface area (Å²) in [6.45, 7) is 17.0. The van der Waals surface area contributed by atoms with Crippen LogP contribution in [0.2, 0.25) is 0 Å². The van der Waals surface area contributed by atoms with E-state index in [1.807, 2.05) is 72.2 Å². The van der Waals surface area contributed by atoms with Gasteiger partial charge in [-0.25, -0.2) is 14.5 Å². The summed E-state index contributed by atoms with van der Waals surface area (Å²) in [6.07, 6.45) is 3.47. The van der Waals surface area contributed by atoms with Gasteiger partial charge in [0.2, 0.25) is 0 Å². The second kappa shape index (κ2) is 10.3. The van der Waals surface area contributed by atoms with Gasteiger partial charge in [-0.15, -0.1) is 0 Å². The maximum absolute atomic E-state index is 12.3. The van der Waals surface area contributed by atoms with E-state index < -0.39 is 5.60 Å². The molecule has 1 amide bonds. The predicted molar refractivity (Wildman–Crippen MR) is 111 cm³/mol. The second-order valence-electron chi connectivity index (χ2n) is 7.13. The molecule has 1 aliphatic rings. The fourth-order valence-corrected chi connectivity index (χ4v) is 3.03. The van der Waals surface area contributed by atoms with Gasteiger partial charge in [-0.1, -0.05) is 27.7 Å². The zero-order chi connectivity index (χ0) is 20.6. The number of hydrogen-bond donors (Lipinski definition) is 0. The number of rotatable bonds is 1. The largest absolute Gasteiger partial charge is 0.444 e. The van der Waals surface area contributed by atoms with Gasteiger partial charge in [-0.3, -0.25) is 0 Å². The number of nitrogens with zero attached hydrogens (tertiary/aromatic N) is 4. The molecule has 6 heteroatoms. The van der Waals surface area contributed by atoms with E-state index in [0.717, 1.165) is 36.1 Å². The molecule has 0 aromatic carbocycles. The fraction of sp³-hybridized carbons (Fsp3) is 0.667. The summed E-state index contributed by atoms with van der Waals surface area (Å²) in [4.78, 5) is 18.6. The number of likely N-dealkylation sites (tertiary alicyclic amines) is 1. The standard InChI is InChI=1S/C17H24N4O2.2C2H6/c1-12-14-8-5-9-18-15(14)21(19-12)13-7-6-10-20(11-13)16(22)23-17(2,3)4;2*1-2/h5,8-9,13H,6-7,10-11H2,1-4H3;2*1-2H3. The summed E-state index contributed by atoms with van der Waals surface area (Å²) in [7, 11) is 0. The van der Waals surface area contributed by atoms with Crippen LogP contribution < -0.4 is 0 Å². The third-order valence-electron chi connectivity index (χ3n) is 4.05. The molecule has 2 aromatic rings. The summed E-state index contributed by atoms with van der Waals surface area (Å²) < 4.78 is 7.47. The van der Waals surface area contributed by atoms with Crippen molar-refractivity contribution in [2.45, 2.75) is 79.9 Å². The molecule has 1 saturated heterocycles. The Bertz CT molecular complexity index is 719. The first-order valence-corrected chi connectivity index (χ1v) is 10.1. The highest BCUT2D eigenvalue weighted by atomic mass is 16.6. The third-order valence-corrected chi connectivity index (χ3v) is 4.05. The lowest BCUT2D eigenvalue weighted by atomic mass is 10.1. The number of pyridine rings is 1. The average molecular weight is 377 g/mol. The summed E-state index contributed by atoms with van der Waals surface area (Å²) in [5.74, 6) is 0. The van der Waals surface area contributed by atoms with Crippen molar-refractivity contribution in [3.8, 4) is 0 Å². The lowest BCUT2D eigenvalue weighted by molar-refractivity contribution is 0.0169. The predicted octanol–water partition coefficient (Wildman–Crippen LogP) is 5.36. The number of piperidine rings is 1. The summed E-state index contributed by atoms with van der Waals surface area (Å²) in [5.41, 5.74) is 1.39. The van der Waals surface area contributed by atoms with E-state index in [1.165, 1.54) is 0 Å². The van der Waals surface area contributed by atoms with Gasteiger partial charge < -0.3 is 9.64 Å². The lowest BCUT2D eigenvalue weighted by Crippen LogP contribution is -2.43. The van der Waals surface area contributed by atoms with E-state index in [9.17, 15) is 4.79 Å².